The van der Waals surface area contributed by atoms with Crippen LogP contribution < -0.4 is 0 Å². The number of hydrogen-bond donors (Lipinski definition) is 1. The zero-order chi connectivity index (χ0) is 15.9. The summed E-state index contributed by atoms with van der Waals surface area (Å²) in [4.78, 5) is 24.2. The zero-order valence-electron chi connectivity index (χ0n) is 13.3. The number of carboxylic acids is 1. The SMILES string of the molecule is CC(C)COCC[C@H](C(=O)O)N(C)C(=O)OC(C)(C)C. The fraction of sp³-hybridized carbons (Fsp3) is 0.857. The molecule has 0 aromatic carbocycles. The second kappa shape index (κ2) is 8.09. The summed E-state index contributed by atoms with van der Waals surface area (Å²) in [6, 6.07) is -0.947. The van der Waals surface area contributed by atoms with Gasteiger partial charge in [0, 0.05) is 26.7 Å². The van der Waals surface area contributed by atoms with E-state index < -0.39 is 23.7 Å². The molecule has 0 fully saturated rings. The number of likely N-dealkylation sites (N-methyl/N-ethyl adjacent to an activating group) is 1. The maximum atomic E-state index is 11.8. The van der Waals surface area contributed by atoms with Gasteiger partial charge < -0.3 is 14.6 Å². The Kier molecular flexibility index (Phi) is 7.57. The van der Waals surface area contributed by atoms with E-state index in [1.807, 2.05) is 13.8 Å². The molecule has 0 aliphatic rings. The number of carbonyl (C=O) groups excluding carboxylic acids is 1. The first-order valence-electron chi connectivity index (χ1n) is 6.81. The first kappa shape index (κ1) is 18.7. The van der Waals surface area contributed by atoms with E-state index in [4.69, 9.17) is 9.47 Å². The average Bonchev–Trinajstić information content (AvgIpc) is 2.24. The van der Waals surface area contributed by atoms with Crippen LogP contribution in [0.25, 0.3) is 0 Å². The zero-order valence-corrected chi connectivity index (χ0v) is 13.3. The molecule has 0 saturated carbocycles. The lowest BCUT2D eigenvalue weighted by Crippen LogP contribution is -2.45. The Morgan fingerprint density at radius 2 is 1.80 bits per heavy atom. The highest BCUT2D eigenvalue weighted by Crippen LogP contribution is 2.12. The summed E-state index contributed by atoms with van der Waals surface area (Å²) in [6.45, 7) is 10.1. The van der Waals surface area contributed by atoms with Crippen molar-refractivity contribution in [3.63, 3.8) is 0 Å². The van der Waals surface area contributed by atoms with Gasteiger partial charge in [-0.25, -0.2) is 9.59 Å². The molecule has 0 aromatic rings. The highest BCUT2D eigenvalue weighted by atomic mass is 16.6. The Morgan fingerprint density at radius 1 is 1.25 bits per heavy atom. The standard InChI is InChI=1S/C14H27NO5/c1-10(2)9-19-8-7-11(12(16)17)15(6)13(18)20-14(3,4)5/h10-11H,7-9H2,1-6H3,(H,16,17)/t11-/m1/s1. The number of carboxylic acid groups (broad SMARTS) is 1. The van der Waals surface area contributed by atoms with Crippen molar-refractivity contribution >= 4 is 12.1 Å². The molecule has 1 amide bonds. The molecule has 0 radical (unpaired) electrons. The van der Waals surface area contributed by atoms with Crippen LogP contribution in [0, 0.1) is 5.92 Å². The van der Waals surface area contributed by atoms with Gasteiger partial charge in [-0.05, 0) is 26.7 Å². The summed E-state index contributed by atoms with van der Waals surface area (Å²) in [5.74, 6) is -0.673. The van der Waals surface area contributed by atoms with Crippen molar-refractivity contribution in [3.05, 3.63) is 0 Å². The van der Waals surface area contributed by atoms with Crippen LogP contribution in [0.4, 0.5) is 4.79 Å². The molecule has 0 heterocycles. The second-order valence-electron chi connectivity index (χ2n) is 6.20. The maximum Gasteiger partial charge on any atom is 0.410 e. The molecule has 0 bridgehead atoms. The van der Waals surface area contributed by atoms with E-state index in [9.17, 15) is 14.7 Å². The first-order chi connectivity index (χ1) is 9.04. The summed E-state index contributed by atoms with van der Waals surface area (Å²) >= 11 is 0. The third kappa shape index (κ3) is 7.99. The Hall–Kier alpha value is -1.30. The van der Waals surface area contributed by atoms with Gasteiger partial charge >= 0.3 is 12.1 Å². The Balaban J connectivity index is 4.43. The molecule has 0 saturated heterocycles. The molecule has 118 valence electrons. The van der Waals surface area contributed by atoms with E-state index in [0.717, 1.165) is 4.90 Å². The minimum atomic E-state index is -1.06. The topological polar surface area (TPSA) is 76.1 Å². The maximum absolute atomic E-state index is 11.8. The van der Waals surface area contributed by atoms with Gasteiger partial charge in [-0.15, -0.1) is 0 Å². The molecular formula is C14H27NO5. The summed E-state index contributed by atoms with van der Waals surface area (Å²) in [5, 5.41) is 9.19. The van der Waals surface area contributed by atoms with E-state index >= 15 is 0 Å². The van der Waals surface area contributed by atoms with Gasteiger partial charge in [0.05, 0.1) is 0 Å². The van der Waals surface area contributed by atoms with Gasteiger partial charge in [0.25, 0.3) is 0 Å². The van der Waals surface area contributed by atoms with Crippen molar-refractivity contribution in [1.29, 1.82) is 0 Å². The van der Waals surface area contributed by atoms with E-state index in [1.165, 1.54) is 7.05 Å². The van der Waals surface area contributed by atoms with Crippen LogP contribution in [0.3, 0.4) is 0 Å². The molecule has 6 nitrogen and oxygen atoms in total. The lowest BCUT2D eigenvalue weighted by Gasteiger charge is -2.28. The van der Waals surface area contributed by atoms with Gasteiger partial charge in [-0.1, -0.05) is 13.8 Å². The Labute approximate surface area is 121 Å². The predicted octanol–water partition coefficient (Wildman–Crippen LogP) is 2.37. The van der Waals surface area contributed by atoms with E-state index in [2.05, 4.69) is 0 Å². The van der Waals surface area contributed by atoms with Crippen LogP contribution in [0.2, 0.25) is 0 Å². The monoisotopic (exact) mass is 289 g/mol. The minimum absolute atomic E-state index is 0.234. The third-order valence-electron chi connectivity index (χ3n) is 2.42. The number of carbonyl (C=O) groups is 2. The highest BCUT2D eigenvalue weighted by Gasteiger charge is 2.29. The molecule has 0 spiro atoms. The molecule has 0 aliphatic heterocycles. The van der Waals surface area contributed by atoms with Crippen molar-refractivity contribution in [2.75, 3.05) is 20.3 Å². The van der Waals surface area contributed by atoms with Crippen LogP contribution in [0.15, 0.2) is 0 Å². The molecule has 1 N–H and O–H groups in total. The molecule has 0 aromatic heterocycles. The number of aliphatic carboxylic acids is 1. The van der Waals surface area contributed by atoms with Gasteiger partial charge in [0.2, 0.25) is 0 Å². The third-order valence-corrected chi connectivity index (χ3v) is 2.42. The molecular weight excluding hydrogens is 262 g/mol. The van der Waals surface area contributed by atoms with Crippen LogP contribution in [0.1, 0.15) is 41.0 Å². The number of amides is 1. The molecule has 1 atom stereocenters. The fourth-order valence-corrected chi connectivity index (χ4v) is 1.46. The van der Waals surface area contributed by atoms with Crippen LogP contribution >= 0.6 is 0 Å². The number of nitrogens with zero attached hydrogens (tertiary/aromatic N) is 1. The van der Waals surface area contributed by atoms with E-state index in [0.29, 0.717) is 19.1 Å². The summed E-state index contributed by atoms with van der Waals surface area (Å²) in [7, 11) is 1.43. The van der Waals surface area contributed by atoms with Crippen LogP contribution in [-0.4, -0.2) is 54.0 Å². The van der Waals surface area contributed by atoms with Gasteiger partial charge in [0.1, 0.15) is 11.6 Å². The fourth-order valence-electron chi connectivity index (χ4n) is 1.46. The van der Waals surface area contributed by atoms with Crippen molar-refractivity contribution in [1.82, 2.24) is 4.90 Å². The van der Waals surface area contributed by atoms with Crippen molar-refractivity contribution in [2.24, 2.45) is 5.92 Å². The summed E-state index contributed by atoms with van der Waals surface area (Å²) < 4.78 is 10.5. The first-order valence-corrected chi connectivity index (χ1v) is 6.81. The van der Waals surface area contributed by atoms with Gasteiger partial charge in [-0.3, -0.25) is 4.90 Å². The van der Waals surface area contributed by atoms with E-state index in [-0.39, 0.29) is 6.42 Å². The number of hydrogen-bond acceptors (Lipinski definition) is 4. The number of rotatable bonds is 7. The number of ether oxygens (including phenoxy) is 2. The quantitative estimate of drug-likeness (QED) is 0.728. The van der Waals surface area contributed by atoms with Gasteiger partial charge in [0.15, 0.2) is 0 Å². The minimum Gasteiger partial charge on any atom is -0.480 e. The molecule has 20 heavy (non-hydrogen) atoms. The molecule has 0 rings (SSSR count). The lowest BCUT2D eigenvalue weighted by atomic mass is 10.2. The highest BCUT2D eigenvalue weighted by molar-refractivity contribution is 5.79. The van der Waals surface area contributed by atoms with Crippen molar-refractivity contribution in [2.45, 2.75) is 52.7 Å². The normalized spacial score (nSPS) is 13.2. The Bertz CT molecular complexity index is 322. The van der Waals surface area contributed by atoms with E-state index in [1.54, 1.807) is 20.8 Å². The van der Waals surface area contributed by atoms with Gasteiger partial charge in [-0.2, -0.15) is 0 Å². The Morgan fingerprint density at radius 3 is 2.20 bits per heavy atom. The summed E-state index contributed by atoms with van der Waals surface area (Å²) in [6.07, 6.45) is -0.411. The second-order valence-corrected chi connectivity index (χ2v) is 6.20. The van der Waals surface area contributed by atoms with Crippen molar-refractivity contribution in [3.8, 4) is 0 Å². The smallest absolute Gasteiger partial charge is 0.410 e. The largest absolute Gasteiger partial charge is 0.480 e. The summed E-state index contributed by atoms with van der Waals surface area (Å²) in [5.41, 5.74) is -0.650. The molecule has 6 heteroatoms. The lowest BCUT2D eigenvalue weighted by molar-refractivity contribution is -0.143. The average molecular weight is 289 g/mol. The molecule has 0 aliphatic carbocycles. The van der Waals surface area contributed by atoms with Crippen molar-refractivity contribution < 1.29 is 24.2 Å². The van der Waals surface area contributed by atoms with Crippen LogP contribution in [0.5, 0.6) is 0 Å². The van der Waals surface area contributed by atoms with Crippen LogP contribution in [-0.2, 0) is 14.3 Å². The molecule has 0 unspecified atom stereocenters. The predicted molar refractivity (Wildman–Crippen MR) is 75.7 cm³/mol.